The minimum absolute atomic E-state index is 0.284. The molecule has 1 aromatic carbocycles. The highest BCUT2D eigenvalue weighted by Crippen LogP contribution is 2.43. The van der Waals surface area contributed by atoms with Crippen molar-refractivity contribution >= 4 is 22.5 Å². The van der Waals surface area contributed by atoms with E-state index in [0.29, 0.717) is 12.0 Å². The Bertz CT molecular complexity index is 604. The summed E-state index contributed by atoms with van der Waals surface area (Å²) < 4.78 is 0. The topological polar surface area (TPSA) is 19.0 Å². The Kier molecular flexibility index (Phi) is 2.27. The number of H-pyrrole nitrogens is 1. The Morgan fingerprint density at radius 3 is 3.17 bits per heavy atom. The van der Waals surface area contributed by atoms with Crippen LogP contribution >= 0.6 is 11.6 Å². The minimum Gasteiger partial charge on any atom is -0.361 e. The van der Waals surface area contributed by atoms with E-state index < -0.39 is 0 Å². The van der Waals surface area contributed by atoms with Gasteiger partial charge in [-0.1, -0.05) is 12.1 Å². The van der Waals surface area contributed by atoms with E-state index in [4.69, 9.17) is 11.6 Å². The number of benzene rings is 1. The lowest BCUT2D eigenvalue weighted by molar-refractivity contribution is 0.160. The third kappa shape index (κ3) is 1.39. The van der Waals surface area contributed by atoms with Gasteiger partial charge in [-0.05, 0) is 37.1 Å². The molecule has 18 heavy (non-hydrogen) atoms. The van der Waals surface area contributed by atoms with E-state index in [1.54, 1.807) is 0 Å². The van der Waals surface area contributed by atoms with Gasteiger partial charge in [0.25, 0.3) is 0 Å². The number of halogens is 1. The first-order valence-corrected chi connectivity index (χ1v) is 7.11. The second-order valence-electron chi connectivity index (χ2n) is 5.73. The van der Waals surface area contributed by atoms with Gasteiger partial charge in [-0.3, -0.25) is 0 Å². The van der Waals surface area contributed by atoms with Gasteiger partial charge in [0.2, 0.25) is 0 Å². The Balaban J connectivity index is 1.92. The average molecular weight is 261 g/mol. The Morgan fingerprint density at radius 1 is 1.39 bits per heavy atom. The first-order chi connectivity index (χ1) is 8.74. The molecule has 2 aromatic rings. The van der Waals surface area contributed by atoms with Crippen LogP contribution in [-0.4, -0.2) is 34.9 Å². The van der Waals surface area contributed by atoms with Crippen LogP contribution in [0, 0.1) is 0 Å². The molecule has 94 valence electrons. The van der Waals surface area contributed by atoms with E-state index in [1.165, 1.54) is 22.0 Å². The van der Waals surface area contributed by atoms with E-state index in [0.717, 1.165) is 19.4 Å². The van der Waals surface area contributed by atoms with Crippen LogP contribution in [0.4, 0.5) is 0 Å². The number of piperidine rings is 1. The molecule has 0 saturated carbocycles. The summed E-state index contributed by atoms with van der Waals surface area (Å²) in [6.45, 7) is 1.01. The maximum absolute atomic E-state index is 6.42. The number of aromatic nitrogens is 1. The standard InChI is InChI=1S/C15H17ClN2/c1-18-8-10(16)6-12-11-3-2-4-13-15(11)9(7-17-13)5-14(12)18/h2-4,7,10,12,14,17H,5-6,8H2,1H3/t10-,12-,14-/m1/s1. The summed E-state index contributed by atoms with van der Waals surface area (Å²) in [6.07, 6.45) is 4.45. The summed E-state index contributed by atoms with van der Waals surface area (Å²) >= 11 is 6.42. The number of alkyl halides is 1. The molecule has 0 spiro atoms. The second kappa shape index (κ2) is 3.75. The van der Waals surface area contributed by atoms with Gasteiger partial charge in [0.1, 0.15) is 0 Å². The lowest BCUT2D eigenvalue weighted by Crippen LogP contribution is -2.48. The predicted octanol–water partition coefficient (Wildman–Crippen LogP) is 3.12. The number of aromatic amines is 1. The molecule has 0 amide bonds. The first kappa shape index (κ1) is 10.9. The number of hydrogen-bond acceptors (Lipinski definition) is 1. The number of likely N-dealkylation sites (tertiary alicyclic amines) is 1. The van der Waals surface area contributed by atoms with Crippen molar-refractivity contribution in [2.24, 2.45) is 0 Å². The molecule has 0 bridgehead atoms. The van der Waals surface area contributed by atoms with E-state index in [-0.39, 0.29) is 5.38 Å². The summed E-state index contributed by atoms with van der Waals surface area (Å²) in [5.74, 6) is 0.596. The van der Waals surface area contributed by atoms with E-state index in [1.807, 2.05) is 0 Å². The average Bonchev–Trinajstić information content (AvgIpc) is 2.76. The van der Waals surface area contributed by atoms with Crippen molar-refractivity contribution in [2.45, 2.75) is 30.2 Å². The first-order valence-electron chi connectivity index (χ1n) is 6.67. The van der Waals surface area contributed by atoms with Crippen molar-refractivity contribution in [1.82, 2.24) is 9.88 Å². The second-order valence-corrected chi connectivity index (χ2v) is 6.35. The van der Waals surface area contributed by atoms with Gasteiger partial charge < -0.3 is 9.88 Å². The number of nitrogens with one attached hydrogen (secondary N) is 1. The van der Waals surface area contributed by atoms with Gasteiger partial charge in [0, 0.05) is 41.0 Å². The molecule has 0 radical (unpaired) electrons. The van der Waals surface area contributed by atoms with E-state index in [9.17, 15) is 0 Å². The number of nitrogens with zero attached hydrogens (tertiary/aromatic N) is 1. The highest BCUT2D eigenvalue weighted by atomic mass is 35.5. The molecule has 3 atom stereocenters. The highest BCUT2D eigenvalue weighted by molar-refractivity contribution is 6.20. The monoisotopic (exact) mass is 260 g/mol. The largest absolute Gasteiger partial charge is 0.361 e. The van der Waals surface area contributed by atoms with Crippen molar-refractivity contribution in [3.63, 3.8) is 0 Å². The minimum atomic E-state index is 0.284. The Morgan fingerprint density at radius 2 is 2.28 bits per heavy atom. The molecule has 1 aromatic heterocycles. The fourth-order valence-corrected chi connectivity index (χ4v) is 4.29. The van der Waals surface area contributed by atoms with Crippen LogP contribution in [-0.2, 0) is 6.42 Å². The van der Waals surface area contributed by atoms with Crippen molar-refractivity contribution in [3.8, 4) is 0 Å². The van der Waals surface area contributed by atoms with Crippen molar-refractivity contribution in [2.75, 3.05) is 13.6 Å². The zero-order valence-electron chi connectivity index (χ0n) is 10.5. The van der Waals surface area contributed by atoms with Gasteiger partial charge in [0.05, 0.1) is 0 Å². The van der Waals surface area contributed by atoms with Crippen molar-refractivity contribution < 1.29 is 0 Å². The van der Waals surface area contributed by atoms with Gasteiger partial charge in [-0.15, -0.1) is 11.6 Å². The quantitative estimate of drug-likeness (QED) is 0.721. The molecule has 1 aliphatic carbocycles. The molecule has 1 N–H and O–H groups in total. The van der Waals surface area contributed by atoms with E-state index >= 15 is 0 Å². The molecule has 2 nitrogen and oxygen atoms in total. The van der Waals surface area contributed by atoms with Crippen LogP contribution in [0.1, 0.15) is 23.5 Å². The molecular weight excluding hydrogens is 244 g/mol. The molecule has 4 rings (SSSR count). The molecular formula is C15H17ClN2. The summed E-state index contributed by atoms with van der Waals surface area (Å²) in [7, 11) is 2.21. The normalized spacial score (nSPS) is 31.6. The fraction of sp³-hybridized carbons (Fsp3) is 0.467. The smallest absolute Gasteiger partial charge is 0.0469 e. The maximum Gasteiger partial charge on any atom is 0.0469 e. The van der Waals surface area contributed by atoms with E-state index in [2.05, 4.69) is 41.3 Å². The lowest BCUT2D eigenvalue weighted by atomic mass is 9.75. The van der Waals surface area contributed by atoms with Crippen LogP contribution in [0.25, 0.3) is 10.9 Å². The number of hydrogen-bond donors (Lipinski definition) is 1. The molecule has 1 saturated heterocycles. The molecule has 2 aliphatic rings. The SMILES string of the molecule is CN1C[C@H](Cl)C[C@@H]2c3cccc4[nH]cc(c34)C[C@H]21. The summed E-state index contributed by atoms with van der Waals surface area (Å²) in [4.78, 5) is 5.85. The molecule has 1 fully saturated rings. The van der Waals surface area contributed by atoms with Gasteiger partial charge in [0.15, 0.2) is 0 Å². The number of likely N-dealkylation sites (N-methyl/N-ethyl adjacent to an activating group) is 1. The van der Waals surface area contributed by atoms with Crippen LogP contribution in [0.15, 0.2) is 24.4 Å². The third-order valence-corrected chi connectivity index (χ3v) is 4.99. The Labute approximate surface area is 112 Å². The van der Waals surface area contributed by atoms with Crippen LogP contribution in [0.5, 0.6) is 0 Å². The van der Waals surface area contributed by atoms with Crippen molar-refractivity contribution in [1.29, 1.82) is 0 Å². The number of fused-ring (bicyclic) bond motifs is 2. The van der Waals surface area contributed by atoms with Crippen molar-refractivity contribution in [3.05, 3.63) is 35.5 Å². The summed E-state index contributed by atoms with van der Waals surface area (Å²) in [5.41, 5.74) is 4.25. The molecule has 0 unspecified atom stereocenters. The van der Waals surface area contributed by atoms with Gasteiger partial charge >= 0.3 is 0 Å². The summed E-state index contributed by atoms with van der Waals surface area (Å²) in [6, 6.07) is 7.25. The molecule has 3 heteroatoms. The maximum atomic E-state index is 6.42. The zero-order chi connectivity index (χ0) is 12.3. The Hall–Kier alpha value is -0.990. The van der Waals surface area contributed by atoms with Crippen LogP contribution < -0.4 is 0 Å². The third-order valence-electron chi connectivity index (χ3n) is 4.67. The van der Waals surface area contributed by atoms with Gasteiger partial charge in [-0.25, -0.2) is 0 Å². The zero-order valence-corrected chi connectivity index (χ0v) is 11.2. The highest BCUT2D eigenvalue weighted by Gasteiger charge is 2.38. The summed E-state index contributed by atoms with van der Waals surface area (Å²) in [5, 5.41) is 1.74. The van der Waals surface area contributed by atoms with Gasteiger partial charge in [-0.2, -0.15) is 0 Å². The van der Waals surface area contributed by atoms with Crippen LogP contribution in [0.2, 0.25) is 0 Å². The van der Waals surface area contributed by atoms with Crippen LogP contribution in [0.3, 0.4) is 0 Å². The number of rotatable bonds is 0. The fourth-order valence-electron chi connectivity index (χ4n) is 3.88. The molecule has 1 aliphatic heterocycles. The molecule has 2 heterocycles. The lowest BCUT2D eigenvalue weighted by Gasteiger charge is -2.44. The predicted molar refractivity (Wildman–Crippen MR) is 75.4 cm³/mol.